The first-order valence-electron chi connectivity index (χ1n) is 7.48. The molecule has 1 fully saturated rings. The third-order valence-corrected chi connectivity index (χ3v) is 4.27. The minimum Gasteiger partial charge on any atom is -0.480 e. The van der Waals surface area contributed by atoms with E-state index in [0.717, 1.165) is 23.8 Å². The fourth-order valence-electron chi connectivity index (χ4n) is 2.75. The monoisotopic (exact) mass is 331 g/mol. The summed E-state index contributed by atoms with van der Waals surface area (Å²) < 4.78 is 5.18. The van der Waals surface area contributed by atoms with Gasteiger partial charge in [-0.1, -0.05) is 23.7 Å². The van der Waals surface area contributed by atoms with Gasteiger partial charge in [-0.25, -0.2) is 4.98 Å². The van der Waals surface area contributed by atoms with Gasteiger partial charge in [0.1, 0.15) is 5.56 Å². The Kier molecular flexibility index (Phi) is 4.67. The Bertz CT molecular complexity index is 700. The highest BCUT2D eigenvalue weighted by Gasteiger charge is 2.25. The Morgan fingerprint density at radius 3 is 2.57 bits per heavy atom. The highest BCUT2D eigenvalue weighted by molar-refractivity contribution is 6.33. The number of piperazine rings is 1. The molecule has 3 rings (SSSR count). The number of hydrogen-bond donors (Lipinski definition) is 0. The number of rotatable bonds is 3. The molecule has 2 aromatic rings. The van der Waals surface area contributed by atoms with Crippen LogP contribution < -0.4 is 9.64 Å². The van der Waals surface area contributed by atoms with Gasteiger partial charge in [-0.15, -0.1) is 0 Å². The number of aromatic nitrogens is 1. The van der Waals surface area contributed by atoms with Crippen molar-refractivity contribution >= 4 is 23.2 Å². The van der Waals surface area contributed by atoms with Gasteiger partial charge < -0.3 is 14.5 Å². The van der Waals surface area contributed by atoms with Crippen molar-refractivity contribution in [1.82, 2.24) is 9.88 Å². The number of benzene rings is 1. The maximum absolute atomic E-state index is 12.7. The number of nitrogens with zero attached hydrogens (tertiary/aromatic N) is 3. The Balaban J connectivity index is 1.69. The van der Waals surface area contributed by atoms with Crippen molar-refractivity contribution in [2.45, 2.75) is 0 Å². The van der Waals surface area contributed by atoms with Crippen LogP contribution in [0.2, 0.25) is 5.02 Å². The van der Waals surface area contributed by atoms with Crippen LogP contribution in [0, 0.1) is 0 Å². The van der Waals surface area contributed by atoms with Crippen molar-refractivity contribution in [3.8, 4) is 5.88 Å². The number of methoxy groups -OCH3 is 1. The molecule has 0 saturated carbocycles. The van der Waals surface area contributed by atoms with Crippen molar-refractivity contribution in [3.63, 3.8) is 0 Å². The lowest BCUT2D eigenvalue weighted by atomic mass is 10.2. The standard InChI is InChI=1S/C17H18ClN3O2/c1-23-16-13(5-4-8-19-16)17(22)21-11-9-20(10-12-21)15-7-3-2-6-14(15)18/h2-8H,9-12H2,1H3. The van der Waals surface area contributed by atoms with Crippen LogP contribution >= 0.6 is 11.6 Å². The van der Waals surface area contributed by atoms with Gasteiger partial charge in [0, 0.05) is 32.4 Å². The molecular weight excluding hydrogens is 314 g/mol. The molecule has 1 saturated heterocycles. The first kappa shape index (κ1) is 15.6. The summed E-state index contributed by atoms with van der Waals surface area (Å²) in [5.41, 5.74) is 1.52. The molecule has 0 spiro atoms. The van der Waals surface area contributed by atoms with E-state index in [1.807, 2.05) is 29.2 Å². The van der Waals surface area contributed by atoms with Gasteiger partial charge in [-0.3, -0.25) is 4.79 Å². The maximum Gasteiger partial charge on any atom is 0.259 e. The van der Waals surface area contributed by atoms with E-state index in [-0.39, 0.29) is 5.91 Å². The summed E-state index contributed by atoms with van der Waals surface area (Å²) in [7, 11) is 1.52. The SMILES string of the molecule is COc1ncccc1C(=O)N1CCN(c2ccccc2Cl)CC1. The second-order valence-electron chi connectivity index (χ2n) is 5.29. The third kappa shape index (κ3) is 3.24. The Morgan fingerprint density at radius 1 is 1.13 bits per heavy atom. The summed E-state index contributed by atoms with van der Waals surface area (Å²) in [4.78, 5) is 20.8. The van der Waals surface area contributed by atoms with E-state index in [1.54, 1.807) is 18.3 Å². The third-order valence-electron chi connectivity index (χ3n) is 3.95. The molecule has 0 radical (unpaired) electrons. The van der Waals surface area contributed by atoms with Gasteiger partial charge in [0.05, 0.1) is 17.8 Å². The number of amides is 1. The molecule has 2 heterocycles. The quantitative estimate of drug-likeness (QED) is 0.867. The lowest BCUT2D eigenvalue weighted by molar-refractivity contribution is 0.0742. The average Bonchev–Trinajstić information content (AvgIpc) is 2.61. The van der Waals surface area contributed by atoms with E-state index in [2.05, 4.69) is 9.88 Å². The summed E-state index contributed by atoms with van der Waals surface area (Å²) in [6.07, 6.45) is 1.62. The van der Waals surface area contributed by atoms with Gasteiger partial charge >= 0.3 is 0 Å². The smallest absolute Gasteiger partial charge is 0.259 e. The Labute approximate surface area is 140 Å². The lowest BCUT2D eigenvalue weighted by Gasteiger charge is -2.36. The van der Waals surface area contributed by atoms with E-state index in [0.29, 0.717) is 24.5 Å². The van der Waals surface area contributed by atoms with Crippen molar-refractivity contribution < 1.29 is 9.53 Å². The molecular formula is C17H18ClN3O2. The summed E-state index contributed by atoms with van der Waals surface area (Å²) in [6.45, 7) is 2.78. The molecule has 1 aromatic heterocycles. The minimum atomic E-state index is -0.0474. The van der Waals surface area contributed by atoms with E-state index in [9.17, 15) is 4.79 Å². The van der Waals surface area contributed by atoms with Crippen LogP contribution in [0.1, 0.15) is 10.4 Å². The molecule has 1 aromatic carbocycles. The van der Waals surface area contributed by atoms with Crippen molar-refractivity contribution in [3.05, 3.63) is 53.2 Å². The molecule has 6 heteroatoms. The van der Waals surface area contributed by atoms with Crippen LogP contribution in [-0.2, 0) is 0 Å². The highest BCUT2D eigenvalue weighted by atomic mass is 35.5. The number of para-hydroxylation sites is 1. The number of carbonyl (C=O) groups excluding carboxylic acids is 1. The van der Waals surface area contributed by atoms with E-state index >= 15 is 0 Å². The zero-order valence-corrected chi connectivity index (χ0v) is 13.7. The van der Waals surface area contributed by atoms with Crippen LogP contribution in [0.4, 0.5) is 5.69 Å². The van der Waals surface area contributed by atoms with Gasteiger partial charge in [0.25, 0.3) is 5.91 Å². The molecule has 23 heavy (non-hydrogen) atoms. The van der Waals surface area contributed by atoms with Crippen LogP contribution in [0.25, 0.3) is 0 Å². The molecule has 5 nitrogen and oxygen atoms in total. The number of hydrogen-bond acceptors (Lipinski definition) is 4. The van der Waals surface area contributed by atoms with Crippen molar-refractivity contribution in [2.24, 2.45) is 0 Å². The number of anilines is 1. The average molecular weight is 332 g/mol. The van der Waals surface area contributed by atoms with Gasteiger partial charge in [-0.2, -0.15) is 0 Å². The first-order valence-corrected chi connectivity index (χ1v) is 7.86. The summed E-state index contributed by atoms with van der Waals surface area (Å²) in [5, 5.41) is 0.737. The molecule has 1 aliphatic heterocycles. The van der Waals surface area contributed by atoms with Gasteiger partial charge in [-0.05, 0) is 24.3 Å². The van der Waals surface area contributed by atoms with E-state index < -0.39 is 0 Å². The zero-order valence-electron chi connectivity index (χ0n) is 12.9. The Hall–Kier alpha value is -2.27. The van der Waals surface area contributed by atoms with E-state index in [4.69, 9.17) is 16.3 Å². The highest BCUT2D eigenvalue weighted by Crippen LogP contribution is 2.26. The Morgan fingerprint density at radius 2 is 1.87 bits per heavy atom. The molecule has 0 aliphatic carbocycles. The molecule has 0 atom stereocenters. The lowest BCUT2D eigenvalue weighted by Crippen LogP contribution is -2.49. The van der Waals surface area contributed by atoms with Crippen LogP contribution in [-0.4, -0.2) is 49.1 Å². The topological polar surface area (TPSA) is 45.7 Å². The number of carbonyl (C=O) groups is 1. The molecule has 0 unspecified atom stereocenters. The van der Waals surface area contributed by atoms with E-state index in [1.165, 1.54) is 7.11 Å². The first-order chi connectivity index (χ1) is 11.2. The van der Waals surface area contributed by atoms with Crippen LogP contribution in [0.3, 0.4) is 0 Å². The van der Waals surface area contributed by atoms with Crippen LogP contribution in [0.5, 0.6) is 5.88 Å². The predicted molar refractivity (Wildman–Crippen MR) is 90.4 cm³/mol. The molecule has 0 bridgehead atoms. The predicted octanol–water partition coefficient (Wildman–Crippen LogP) is 2.71. The maximum atomic E-state index is 12.7. The second-order valence-corrected chi connectivity index (χ2v) is 5.70. The van der Waals surface area contributed by atoms with Crippen LogP contribution in [0.15, 0.2) is 42.6 Å². The summed E-state index contributed by atoms with van der Waals surface area (Å²) in [6, 6.07) is 11.3. The molecule has 120 valence electrons. The van der Waals surface area contributed by atoms with Crippen molar-refractivity contribution in [2.75, 3.05) is 38.2 Å². The largest absolute Gasteiger partial charge is 0.480 e. The second kappa shape index (κ2) is 6.87. The normalized spacial score (nSPS) is 14.7. The fraction of sp³-hybridized carbons (Fsp3) is 0.294. The zero-order chi connectivity index (χ0) is 16.2. The minimum absolute atomic E-state index is 0.0474. The molecule has 0 N–H and O–H groups in total. The molecule has 1 aliphatic rings. The molecule has 1 amide bonds. The fourth-order valence-corrected chi connectivity index (χ4v) is 3.00. The number of pyridine rings is 1. The number of ether oxygens (including phenoxy) is 1. The summed E-state index contributed by atoms with van der Waals surface area (Å²) >= 11 is 6.24. The van der Waals surface area contributed by atoms with Crippen molar-refractivity contribution in [1.29, 1.82) is 0 Å². The van der Waals surface area contributed by atoms with Gasteiger partial charge in [0.15, 0.2) is 0 Å². The summed E-state index contributed by atoms with van der Waals surface area (Å²) in [5.74, 6) is 0.319. The van der Waals surface area contributed by atoms with Gasteiger partial charge in [0.2, 0.25) is 5.88 Å². The number of halogens is 1.